The number of piperidine rings is 1. The van der Waals surface area contributed by atoms with Crippen molar-refractivity contribution in [1.82, 2.24) is 10.2 Å². The molecule has 0 atom stereocenters. The summed E-state index contributed by atoms with van der Waals surface area (Å²) in [4.78, 5) is 14.3. The lowest BCUT2D eigenvalue weighted by Crippen LogP contribution is -2.48. The average Bonchev–Trinajstić information content (AvgIpc) is 2.30. The van der Waals surface area contributed by atoms with Crippen LogP contribution in [0.1, 0.15) is 26.2 Å². The molecule has 0 spiro atoms. The number of carbonyl (C=O) groups excluding carboxylic acids is 1. The molecule has 0 aromatic heterocycles. The van der Waals surface area contributed by atoms with Crippen LogP contribution in [0.4, 0.5) is 0 Å². The van der Waals surface area contributed by atoms with Gasteiger partial charge in [0.15, 0.2) is 0 Å². The first-order valence-electron chi connectivity index (χ1n) is 5.87. The summed E-state index contributed by atoms with van der Waals surface area (Å²) in [5.41, 5.74) is -0.115. The Kier molecular flexibility index (Phi) is 3.10. The minimum Gasteiger partial charge on any atom is -0.338 e. The lowest BCUT2D eigenvalue weighted by atomic mass is 9.79. The largest absolute Gasteiger partial charge is 0.338 e. The fourth-order valence-electron chi connectivity index (χ4n) is 2.40. The van der Waals surface area contributed by atoms with Gasteiger partial charge in [0, 0.05) is 18.5 Å². The molecule has 1 N–H and O–H groups in total. The van der Waals surface area contributed by atoms with E-state index in [1.165, 1.54) is 0 Å². The highest BCUT2D eigenvalue weighted by Crippen LogP contribution is 2.30. The van der Waals surface area contributed by atoms with E-state index < -0.39 is 0 Å². The van der Waals surface area contributed by atoms with Crippen molar-refractivity contribution in [3.05, 3.63) is 12.2 Å². The van der Waals surface area contributed by atoms with Crippen LogP contribution in [0.5, 0.6) is 0 Å². The second-order valence-electron chi connectivity index (χ2n) is 4.82. The van der Waals surface area contributed by atoms with Crippen molar-refractivity contribution < 1.29 is 4.79 Å². The van der Waals surface area contributed by atoms with Crippen molar-refractivity contribution in [3.63, 3.8) is 0 Å². The Morgan fingerprint density at radius 1 is 1.33 bits per heavy atom. The maximum Gasteiger partial charge on any atom is 0.228 e. The molecule has 0 aromatic rings. The Morgan fingerprint density at radius 2 is 2.07 bits per heavy atom. The first kappa shape index (κ1) is 10.7. The van der Waals surface area contributed by atoms with Crippen LogP contribution in [0.15, 0.2) is 12.2 Å². The van der Waals surface area contributed by atoms with E-state index >= 15 is 0 Å². The van der Waals surface area contributed by atoms with Crippen molar-refractivity contribution >= 4 is 5.91 Å². The molecule has 1 saturated heterocycles. The zero-order valence-electron chi connectivity index (χ0n) is 9.46. The Balaban J connectivity index is 2.01. The maximum atomic E-state index is 12.3. The van der Waals surface area contributed by atoms with Gasteiger partial charge in [0.2, 0.25) is 5.91 Å². The van der Waals surface area contributed by atoms with Gasteiger partial charge in [-0.15, -0.1) is 0 Å². The highest BCUT2D eigenvalue weighted by Gasteiger charge is 2.37. The van der Waals surface area contributed by atoms with Crippen LogP contribution in [0.25, 0.3) is 0 Å². The smallest absolute Gasteiger partial charge is 0.228 e. The van der Waals surface area contributed by atoms with Crippen LogP contribution in [0.2, 0.25) is 0 Å². The van der Waals surface area contributed by atoms with Crippen LogP contribution in [0, 0.1) is 5.41 Å². The molecule has 0 aliphatic carbocycles. The monoisotopic (exact) mass is 208 g/mol. The maximum absolute atomic E-state index is 12.3. The number of nitrogens with one attached hydrogen (secondary N) is 1. The molecule has 1 amide bonds. The van der Waals surface area contributed by atoms with Crippen LogP contribution in [0.3, 0.4) is 0 Å². The van der Waals surface area contributed by atoms with Gasteiger partial charge in [-0.25, -0.2) is 0 Å². The van der Waals surface area contributed by atoms with E-state index in [1.807, 2.05) is 4.90 Å². The zero-order valence-corrected chi connectivity index (χ0v) is 9.46. The number of hydrogen-bond acceptors (Lipinski definition) is 2. The summed E-state index contributed by atoms with van der Waals surface area (Å²) in [5.74, 6) is 0.355. The highest BCUT2D eigenvalue weighted by molar-refractivity contribution is 5.82. The molecular weight excluding hydrogens is 188 g/mol. The highest BCUT2D eigenvalue weighted by atomic mass is 16.2. The minimum absolute atomic E-state index is 0.115. The third-order valence-corrected chi connectivity index (χ3v) is 3.57. The summed E-state index contributed by atoms with van der Waals surface area (Å²) >= 11 is 0. The fraction of sp³-hybridized carbons (Fsp3) is 0.750. The molecule has 3 nitrogen and oxygen atoms in total. The van der Waals surface area contributed by atoms with Gasteiger partial charge in [-0.05, 0) is 32.4 Å². The number of hydrogen-bond donors (Lipinski definition) is 1. The summed E-state index contributed by atoms with van der Waals surface area (Å²) in [6.45, 7) is 5.78. The molecule has 0 bridgehead atoms. The van der Waals surface area contributed by atoms with E-state index in [1.54, 1.807) is 0 Å². The zero-order chi connectivity index (χ0) is 10.7. The standard InChI is InChI=1S/C12H20N2O/c1-12(5-7-13-8-6-12)11(15)14-9-3-2-4-10-14/h2-3,13H,4-10H2,1H3. The Hall–Kier alpha value is -0.830. The van der Waals surface area contributed by atoms with Crippen molar-refractivity contribution in [3.8, 4) is 0 Å². The summed E-state index contributed by atoms with van der Waals surface area (Å²) in [6, 6.07) is 0. The molecule has 3 heteroatoms. The van der Waals surface area contributed by atoms with Crippen LogP contribution in [-0.2, 0) is 4.79 Å². The topological polar surface area (TPSA) is 32.3 Å². The van der Waals surface area contributed by atoms with Crippen LogP contribution >= 0.6 is 0 Å². The van der Waals surface area contributed by atoms with Gasteiger partial charge in [0.25, 0.3) is 0 Å². The second kappa shape index (κ2) is 4.35. The Bertz CT molecular complexity index is 267. The SMILES string of the molecule is CC1(C(=O)N2CC=CCC2)CCNCC1. The Labute approximate surface area is 91.5 Å². The molecule has 2 rings (SSSR count). The van der Waals surface area contributed by atoms with E-state index in [0.29, 0.717) is 5.91 Å². The number of nitrogens with zero attached hydrogens (tertiary/aromatic N) is 1. The summed E-state index contributed by atoms with van der Waals surface area (Å²) < 4.78 is 0. The van der Waals surface area contributed by atoms with Gasteiger partial charge in [0.05, 0.1) is 0 Å². The van der Waals surface area contributed by atoms with Gasteiger partial charge >= 0.3 is 0 Å². The molecule has 0 aromatic carbocycles. The molecule has 0 unspecified atom stereocenters. The van der Waals surface area contributed by atoms with Crippen LogP contribution < -0.4 is 5.32 Å². The molecule has 2 heterocycles. The van der Waals surface area contributed by atoms with E-state index in [9.17, 15) is 4.79 Å². The number of amides is 1. The molecule has 1 fully saturated rings. The quantitative estimate of drug-likeness (QED) is 0.656. The molecule has 15 heavy (non-hydrogen) atoms. The predicted octanol–water partition coefficient (Wildman–Crippen LogP) is 1.16. The van der Waals surface area contributed by atoms with Gasteiger partial charge in [-0.1, -0.05) is 19.1 Å². The van der Waals surface area contributed by atoms with E-state index in [0.717, 1.165) is 45.4 Å². The van der Waals surface area contributed by atoms with Gasteiger partial charge in [-0.3, -0.25) is 4.79 Å². The van der Waals surface area contributed by atoms with E-state index in [-0.39, 0.29) is 5.41 Å². The Morgan fingerprint density at radius 3 is 2.67 bits per heavy atom. The summed E-state index contributed by atoms with van der Waals surface area (Å²) in [5, 5.41) is 3.31. The number of rotatable bonds is 1. The summed E-state index contributed by atoms with van der Waals surface area (Å²) in [6.07, 6.45) is 7.23. The van der Waals surface area contributed by atoms with Crippen molar-refractivity contribution in [2.75, 3.05) is 26.2 Å². The fourth-order valence-corrected chi connectivity index (χ4v) is 2.40. The first-order valence-corrected chi connectivity index (χ1v) is 5.87. The van der Waals surface area contributed by atoms with Crippen molar-refractivity contribution in [2.24, 2.45) is 5.41 Å². The molecule has 0 radical (unpaired) electrons. The number of carbonyl (C=O) groups is 1. The average molecular weight is 208 g/mol. The van der Waals surface area contributed by atoms with Crippen LogP contribution in [-0.4, -0.2) is 37.0 Å². The van der Waals surface area contributed by atoms with Crippen molar-refractivity contribution in [2.45, 2.75) is 26.2 Å². The molecule has 2 aliphatic rings. The third-order valence-electron chi connectivity index (χ3n) is 3.57. The minimum atomic E-state index is -0.115. The lowest BCUT2D eigenvalue weighted by Gasteiger charge is -2.37. The second-order valence-corrected chi connectivity index (χ2v) is 4.82. The summed E-state index contributed by atoms with van der Waals surface area (Å²) in [7, 11) is 0. The van der Waals surface area contributed by atoms with E-state index in [2.05, 4.69) is 24.4 Å². The predicted molar refractivity (Wildman–Crippen MR) is 60.5 cm³/mol. The molecule has 2 aliphatic heterocycles. The van der Waals surface area contributed by atoms with E-state index in [4.69, 9.17) is 0 Å². The molecule has 0 saturated carbocycles. The van der Waals surface area contributed by atoms with Crippen molar-refractivity contribution in [1.29, 1.82) is 0 Å². The third kappa shape index (κ3) is 2.23. The normalized spacial score (nSPS) is 25.3. The molecule has 84 valence electrons. The first-order chi connectivity index (χ1) is 7.22. The van der Waals surface area contributed by atoms with Gasteiger partial charge in [0.1, 0.15) is 0 Å². The lowest BCUT2D eigenvalue weighted by molar-refractivity contribution is -0.142. The van der Waals surface area contributed by atoms with Gasteiger partial charge < -0.3 is 10.2 Å². The molecular formula is C12H20N2O. The van der Waals surface area contributed by atoms with Gasteiger partial charge in [-0.2, -0.15) is 0 Å².